The van der Waals surface area contributed by atoms with Gasteiger partial charge in [0, 0.05) is 32.9 Å². The highest BCUT2D eigenvalue weighted by Gasteiger charge is 2.18. The molecule has 1 aliphatic heterocycles. The van der Waals surface area contributed by atoms with Gasteiger partial charge in [0.05, 0.1) is 11.4 Å². The average Bonchev–Trinajstić information content (AvgIpc) is 3.03. The van der Waals surface area contributed by atoms with E-state index >= 15 is 0 Å². The zero-order chi connectivity index (χ0) is 18.4. The van der Waals surface area contributed by atoms with Crippen molar-refractivity contribution < 1.29 is 0 Å². The van der Waals surface area contributed by atoms with Crippen LogP contribution >= 0.6 is 0 Å². The standard InChI is InChI=1S/C21H31N5/c1-17-9-8-14-25(15-17)21(22-3)23-13-7-10-19-16-26(24-18(19)2)20-11-5-4-6-12-20/h4-6,11-12,16-17H,7-10,13-15H2,1-3H3,(H,22,23). The summed E-state index contributed by atoms with van der Waals surface area (Å²) in [5.74, 6) is 1.81. The Hall–Kier alpha value is -2.30. The normalized spacial score (nSPS) is 18.2. The second kappa shape index (κ2) is 8.88. The summed E-state index contributed by atoms with van der Waals surface area (Å²) in [4.78, 5) is 6.86. The lowest BCUT2D eigenvalue weighted by Gasteiger charge is -2.33. The lowest BCUT2D eigenvalue weighted by atomic mass is 10.0. The predicted octanol–water partition coefficient (Wildman–Crippen LogP) is 3.42. The highest BCUT2D eigenvalue weighted by atomic mass is 15.3. The second-order valence-electron chi connectivity index (χ2n) is 7.29. The first kappa shape index (κ1) is 18.5. The van der Waals surface area contributed by atoms with Crippen molar-refractivity contribution in [2.24, 2.45) is 10.9 Å². The van der Waals surface area contributed by atoms with E-state index in [1.165, 1.54) is 18.4 Å². The Balaban J connectivity index is 1.50. The number of likely N-dealkylation sites (tertiary alicyclic amines) is 1. The number of aromatic nitrogens is 2. The van der Waals surface area contributed by atoms with E-state index in [2.05, 4.69) is 52.5 Å². The number of nitrogens with zero attached hydrogens (tertiary/aromatic N) is 4. The van der Waals surface area contributed by atoms with Gasteiger partial charge in [-0.1, -0.05) is 25.1 Å². The topological polar surface area (TPSA) is 45.5 Å². The van der Waals surface area contributed by atoms with Crippen LogP contribution in [-0.2, 0) is 6.42 Å². The molecule has 0 saturated carbocycles. The molecule has 2 aromatic rings. The third-order valence-electron chi connectivity index (χ3n) is 5.10. The minimum atomic E-state index is 0.758. The number of aryl methyl sites for hydroxylation is 2. The number of hydrogen-bond donors (Lipinski definition) is 1. The summed E-state index contributed by atoms with van der Waals surface area (Å²) < 4.78 is 1.98. The average molecular weight is 354 g/mol. The van der Waals surface area contributed by atoms with E-state index in [4.69, 9.17) is 0 Å². The maximum atomic E-state index is 4.66. The summed E-state index contributed by atoms with van der Waals surface area (Å²) >= 11 is 0. The van der Waals surface area contributed by atoms with Gasteiger partial charge in [-0.05, 0) is 56.2 Å². The fraction of sp³-hybridized carbons (Fsp3) is 0.524. The van der Waals surface area contributed by atoms with Gasteiger partial charge in [-0.15, -0.1) is 0 Å². The van der Waals surface area contributed by atoms with Crippen LogP contribution in [0.15, 0.2) is 41.5 Å². The quantitative estimate of drug-likeness (QED) is 0.509. The SMILES string of the molecule is CN=C(NCCCc1cn(-c2ccccc2)nc1C)N1CCCC(C)C1. The summed E-state index contributed by atoms with van der Waals surface area (Å²) in [5, 5.41) is 8.19. The molecule has 1 atom stereocenters. The summed E-state index contributed by atoms with van der Waals surface area (Å²) in [7, 11) is 1.88. The molecule has 1 aromatic carbocycles. The summed E-state index contributed by atoms with van der Waals surface area (Å²) in [6, 6.07) is 10.3. The molecule has 26 heavy (non-hydrogen) atoms. The van der Waals surface area contributed by atoms with E-state index in [1.54, 1.807) is 0 Å². The van der Waals surface area contributed by atoms with Gasteiger partial charge in [-0.25, -0.2) is 4.68 Å². The number of aliphatic imine (C=N–C) groups is 1. The molecule has 2 heterocycles. The second-order valence-corrected chi connectivity index (χ2v) is 7.29. The van der Waals surface area contributed by atoms with Crippen molar-refractivity contribution in [1.29, 1.82) is 0 Å². The maximum absolute atomic E-state index is 4.66. The van der Waals surface area contributed by atoms with Crippen molar-refractivity contribution in [3.8, 4) is 5.69 Å². The van der Waals surface area contributed by atoms with Crippen molar-refractivity contribution in [1.82, 2.24) is 20.0 Å². The molecule has 1 aliphatic rings. The number of benzene rings is 1. The van der Waals surface area contributed by atoms with Crippen LogP contribution in [0, 0.1) is 12.8 Å². The Morgan fingerprint density at radius 2 is 2.12 bits per heavy atom. The van der Waals surface area contributed by atoms with Gasteiger partial charge in [0.2, 0.25) is 0 Å². The fourth-order valence-electron chi connectivity index (χ4n) is 3.65. The Labute approximate surface area is 157 Å². The summed E-state index contributed by atoms with van der Waals surface area (Å²) in [6.45, 7) is 7.59. The molecule has 0 aliphatic carbocycles. The first-order chi connectivity index (χ1) is 12.7. The van der Waals surface area contributed by atoms with Gasteiger partial charge in [0.25, 0.3) is 0 Å². The number of guanidine groups is 1. The minimum absolute atomic E-state index is 0.758. The van der Waals surface area contributed by atoms with Crippen molar-refractivity contribution in [3.05, 3.63) is 47.8 Å². The molecule has 0 radical (unpaired) electrons. The van der Waals surface area contributed by atoms with Crippen LogP contribution in [0.4, 0.5) is 0 Å². The van der Waals surface area contributed by atoms with Crippen molar-refractivity contribution in [2.75, 3.05) is 26.7 Å². The third-order valence-corrected chi connectivity index (χ3v) is 5.10. The molecule has 1 unspecified atom stereocenters. The Morgan fingerprint density at radius 1 is 1.31 bits per heavy atom. The zero-order valence-electron chi connectivity index (χ0n) is 16.3. The van der Waals surface area contributed by atoms with E-state index in [-0.39, 0.29) is 0 Å². The molecule has 0 bridgehead atoms. The number of hydrogen-bond acceptors (Lipinski definition) is 2. The van der Waals surface area contributed by atoms with E-state index < -0.39 is 0 Å². The number of piperidine rings is 1. The number of nitrogens with one attached hydrogen (secondary N) is 1. The Kier molecular flexibility index (Phi) is 6.31. The van der Waals surface area contributed by atoms with Gasteiger partial charge >= 0.3 is 0 Å². The van der Waals surface area contributed by atoms with Crippen LogP contribution in [0.3, 0.4) is 0 Å². The van der Waals surface area contributed by atoms with Gasteiger partial charge < -0.3 is 10.2 Å². The van der Waals surface area contributed by atoms with Crippen LogP contribution in [0.5, 0.6) is 0 Å². The molecular weight excluding hydrogens is 322 g/mol. The van der Waals surface area contributed by atoms with Crippen LogP contribution < -0.4 is 5.32 Å². The fourth-order valence-corrected chi connectivity index (χ4v) is 3.65. The lowest BCUT2D eigenvalue weighted by molar-refractivity contribution is 0.266. The molecule has 1 N–H and O–H groups in total. The molecule has 5 nitrogen and oxygen atoms in total. The molecule has 5 heteroatoms. The van der Waals surface area contributed by atoms with Crippen molar-refractivity contribution >= 4 is 5.96 Å². The molecule has 1 aromatic heterocycles. The smallest absolute Gasteiger partial charge is 0.193 e. The van der Waals surface area contributed by atoms with Crippen LogP contribution in [0.25, 0.3) is 5.69 Å². The van der Waals surface area contributed by atoms with Crippen LogP contribution in [-0.4, -0.2) is 47.3 Å². The van der Waals surface area contributed by atoms with E-state index in [1.807, 2.05) is 29.9 Å². The first-order valence-electron chi connectivity index (χ1n) is 9.73. The van der Waals surface area contributed by atoms with Gasteiger partial charge in [-0.2, -0.15) is 5.10 Å². The van der Waals surface area contributed by atoms with Gasteiger partial charge in [0.1, 0.15) is 0 Å². The number of rotatable bonds is 5. The number of para-hydroxylation sites is 1. The van der Waals surface area contributed by atoms with E-state index in [0.29, 0.717) is 0 Å². The Morgan fingerprint density at radius 3 is 2.85 bits per heavy atom. The third kappa shape index (κ3) is 4.65. The molecule has 140 valence electrons. The Bertz CT molecular complexity index is 719. The maximum Gasteiger partial charge on any atom is 0.193 e. The molecule has 1 fully saturated rings. The highest BCUT2D eigenvalue weighted by Crippen LogP contribution is 2.16. The van der Waals surface area contributed by atoms with Crippen molar-refractivity contribution in [2.45, 2.75) is 39.5 Å². The van der Waals surface area contributed by atoms with Crippen LogP contribution in [0.2, 0.25) is 0 Å². The summed E-state index contributed by atoms with van der Waals surface area (Å²) in [5.41, 5.74) is 3.54. The molecule has 3 rings (SSSR count). The molecule has 0 spiro atoms. The van der Waals surface area contributed by atoms with Gasteiger partial charge in [0.15, 0.2) is 5.96 Å². The molecule has 1 saturated heterocycles. The molecule has 0 amide bonds. The predicted molar refractivity (Wildman–Crippen MR) is 108 cm³/mol. The molecular formula is C21H31N5. The highest BCUT2D eigenvalue weighted by molar-refractivity contribution is 5.79. The lowest BCUT2D eigenvalue weighted by Crippen LogP contribution is -2.46. The van der Waals surface area contributed by atoms with Crippen LogP contribution in [0.1, 0.15) is 37.4 Å². The zero-order valence-corrected chi connectivity index (χ0v) is 16.3. The van der Waals surface area contributed by atoms with Crippen molar-refractivity contribution in [3.63, 3.8) is 0 Å². The van der Waals surface area contributed by atoms with E-state index in [9.17, 15) is 0 Å². The van der Waals surface area contributed by atoms with E-state index in [0.717, 1.165) is 55.7 Å². The summed E-state index contributed by atoms with van der Waals surface area (Å²) in [6.07, 6.45) is 6.85. The first-order valence-corrected chi connectivity index (χ1v) is 9.73. The monoisotopic (exact) mass is 353 g/mol. The largest absolute Gasteiger partial charge is 0.356 e. The van der Waals surface area contributed by atoms with Gasteiger partial charge in [-0.3, -0.25) is 4.99 Å². The minimum Gasteiger partial charge on any atom is -0.356 e.